The van der Waals surface area contributed by atoms with Crippen LogP contribution in [0.25, 0.3) is 0 Å². The van der Waals surface area contributed by atoms with Crippen molar-refractivity contribution in [2.24, 2.45) is 0 Å². The molecule has 0 unspecified atom stereocenters. The Kier molecular flexibility index (Phi) is 9.25. The van der Waals surface area contributed by atoms with Crippen LogP contribution in [-0.2, 0) is 19.8 Å². The van der Waals surface area contributed by atoms with Crippen molar-refractivity contribution in [1.29, 1.82) is 0 Å². The molecule has 3 rings (SSSR count). The van der Waals surface area contributed by atoms with Crippen LogP contribution in [0, 0.1) is 0 Å². The first-order valence-electron chi connectivity index (χ1n) is 11.8. The molecular weight excluding hydrogens is 426 g/mol. The summed E-state index contributed by atoms with van der Waals surface area (Å²) in [5, 5.41) is 2.75. The standard InChI is InChI=1S/C29H35NO4/c1-28(2,3)34-27(31)30-20-13-21-32-22-23-33-29(24-14-7-4-8-15-24,25-16-9-5-10-17-25)26-18-11-6-12-19-26/h4-12,14-19H,13,20-23H2,1-3H3,(H,30,31). The van der Waals surface area contributed by atoms with Gasteiger partial charge >= 0.3 is 6.09 Å². The normalized spacial score (nSPS) is 11.7. The largest absolute Gasteiger partial charge is 0.444 e. The second-order valence-electron chi connectivity index (χ2n) is 9.02. The molecule has 3 aromatic rings. The van der Waals surface area contributed by atoms with Gasteiger partial charge in [-0.2, -0.15) is 0 Å². The van der Waals surface area contributed by atoms with Crippen molar-refractivity contribution in [2.75, 3.05) is 26.4 Å². The van der Waals surface area contributed by atoms with Gasteiger partial charge in [0.05, 0.1) is 13.2 Å². The summed E-state index contributed by atoms with van der Waals surface area (Å²) in [5.41, 5.74) is 1.95. The zero-order valence-electron chi connectivity index (χ0n) is 20.3. The van der Waals surface area contributed by atoms with Crippen molar-refractivity contribution < 1.29 is 19.0 Å². The average molecular weight is 462 g/mol. The van der Waals surface area contributed by atoms with Crippen LogP contribution in [0.1, 0.15) is 43.9 Å². The van der Waals surface area contributed by atoms with Crippen LogP contribution in [0.2, 0.25) is 0 Å². The summed E-state index contributed by atoms with van der Waals surface area (Å²) >= 11 is 0. The van der Waals surface area contributed by atoms with Gasteiger partial charge < -0.3 is 19.5 Å². The van der Waals surface area contributed by atoms with Gasteiger partial charge in [-0.1, -0.05) is 91.0 Å². The van der Waals surface area contributed by atoms with E-state index >= 15 is 0 Å². The molecule has 0 fully saturated rings. The van der Waals surface area contributed by atoms with Crippen LogP contribution < -0.4 is 5.32 Å². The van der Waals surface area contributed by atoms with Crippen molar-refractivity contribution >= 4 is 6.09 Å². The Bertz CT molecular complexity index is 888. The smallest absolute Gasteiger partial charge is 0.407 e. The number of hydrogen-bond donors (Lipinski definition) is 1. The Labute approximate surface area is 203 Å². The number of alkyl carbamates (subject to hydrolysis) is 1. The molecule has 0 saturated heterocycles. The predicted octanol–water partition coefficient (Wildman–Crippen LogP) is 5.93. The fraction of sp³-hybridized carbons (Fsp3) is 0.345. The molecule has 0 aliphatic rings. The lowest BCUT2D eigenvalue weighted by molar-refractivity contribution is -0.0240. The Hall–Kier alpha value is -3.15. The molecule has 0 aliphatic heterocycles. The fourth-order valence-electron chi connectivity index (χ4n) is 3.80. The summed E-state index contributed by atoms with van der Waals surface area (Å²) in [7, 11) is 0. The molecule has 0 bridgehead atoms. The minimum Gasteiger partial charge on any atom is -0.444 e. The number of carbonyl (C=O) groups is 1. The SMILES string of the molecule is CC(C)(C)OC(=O)NCCCOCCOC(c1ccccc1)(c1ccccc1)c1ccccc1. The molecule has 3 aromatic carbocycles. The van der Waals surface area contributed by atoms with E-state index in [0.29, 0.717) is 32.8 Å². The van der Waals surface area contributed by atoms with E-state index in [4.69, 9.17) is 14.2 Å². The van der Waals surface area contributed by atoms with Gasteiger partial charge in [0.2, 0.25) is 0 Å². The van der Waals surface area contributed by atoms with Crippen LogP contribution in [0.5, 0.6) is 0 Å². The number of ether oxygens (including phenoxy) is 3. The van der Waals surface area contributed by atoms with Gasteiger partial charge in [-0.3, -0.25) is 0 Å². The number of benzene rings is 3. The van der Waals surface area contributed by atoms with Crippen LogP contribution in [0.4, 0.5) is 4.79 Å². The third-order valence-corrected chi connectivity index (χ3v) is 5.22. The summed E-state index contributed by atoms with van der Waals surface area (Å²) in [4.78, 5) is 11.7. The zero-order valence-corrected chi connectivity index (χ0v) is 20.3. The van der Waals surface area contributed by atoms with Crippen molar-refractivity contribution in [3.8, 4) is 0 Å². The average Bonchev–Trinajstić information content (AvgIpc) is 2.84. The van der Waals surface area contributed by atoms with Crippen molar-refractivity contribution in [2.45, 2.75) is 38.4 Å². The molecule has 1 N–H and O–H groups in total. The van der Waals surface area contributed by atoms with E-state index < -0.39 is 17.3 Å². The summed E-state index contributed by atoms with van der Waals surface area (Å²) in [6.07, 6.45) is 0.287. The van der Waals surface area contributed by atoms with Gasteiger partial charge in [-0.05, 0) is 43.9 Å². The van der Waals surface area contributed by atoms with E-state index in [1.165, 1.54) is 0 Å². The number of carbonyl (C=O) groups excluding carboxylic acids is 1. The molecular formula is C29H35NO4. The minimum absolute atomic E-state index is 0.408. The Morgan fingerprint density at radius 3 is 1.62 bits per heavy atom. The first-order valence-corrected chi connectivity index (χ1v) is 11.8. The highest BCUT2D eigenvalue weighted by atomic mass is 16.6. The minimum atomic E-state index is -0.745. The molecule has 0 heterocycles. The maximum atomic E-state index is 11.7. The van der Waals surface area contributed by atoms with E-state index in [0.717, 1.165) is 16.7 Å². The zero-order chi connectivity index (χ0) is 24.3. The maximum absolute atomic E-state index is 11.7. The van der Waals surface area contributed by atoms with E-state index in [1.54, 1.807) is 0 Å². The fourth-order valence-corrected chi connectivity index (χ4v) is 3.80. The van der Waals surface area contributed by atoms with Crippen LogP contribution in [-0.4, -0.2) is 38.1 Å². The summed E-state index contributed by atoms with van der Waals surface area (Å²) in [6, 6.07) is 30.9. The molecule has 0 saturated carbocycles. The molecule has 0 aliphatic carbocycles. The number of amides is 1. The predicted molar refractivity (Wildman–Crippen MR) is 135 cm³/mol. The highest BCUT2D eigenvalue weighted by Crippen LogP contribution is 2.40. The second kappa shape index (κ2) is 12.4. The molecule has 0 radical (unpaired) electrons. The summed E-state index contributed by atoms with van der Waals surface area (Å²) in [6.45, 7) is 7.41. The van der Waals surface area contributed by atoms with Gasteiger partial charge in [0.25, 0.3) is 0 Å². The monoisotopic (exact) mass is 461 g/mol. The Balaban J connectivity index is 1.62. The third kappa shape index (κ3) is 7.17. The molecule has 5 heteroatoms. The first kappa shape index (κ1) is 25.5. The molecule has 0 spiro atoms. The lowest BCUT2D eigenvalue weighted by Crippen LogP contribution is -2.34. The van der Waals surface area contributed by atoms with E-state index in [9.17, 15) is 4.79 Å². The van der Waals surface area contributed by atoms with Crippen molar-refractivity contribution in [1.82, 2.24) is 5.32 Å². The van der Waals surface area contributed by atoms with Gasteiger partial charge in [-0.15, -0.1) is 0 Å². The highest BCUT2D eigenvalue weighted by molar-refractivity contribution is 5.67. The lowest BCUT2D eigenvalue weighted by Gasteiger charge is -2.36. The van der Waals surface area contributed by atoms with Crippen LogP contribution >= 0.6 is 0 Å². The number of nitrogens with one attached hydrogen (secondary N) is 1. The van der Waals surface area contributed by atoms with E-state index in [1.807, 2.05) is 75.4 Å². The second-order valence-corrected chi connectivity index (χ2v) is 9.02. The van der Waals surface area contributed by atoms with Gasteiger partial charge in [-0.25, -0.2) is 4.79 Å². The molecule has 0 atom stereocenters. The van der Waals surface area contributed by atoms with Crippen LogP contribution in [0.15, 0.2) is 91.0 Å². The van der Waals surface area contributed by atoms with Gasteiger partial charge in [0.15, 0.2) is 0 Å². The lowest BCUT2D eigenvalue weighted by atomic mass is 9.80. The Morgan fingerprint density at radius 1 is 0.706 bits per heavy atom. The first-order chi connectivity index (χ1) is 16.4. The molecule has 34 heavy (non-hydrogen) atoms. The quantitative estimate of drug-likeness (QED) is 0.284. The van der Waals surface area contributed by atoms with Crippen molar-refractivity contribution in [3.05, 3.63) is 108 Å². The molecule has 5 nitrogen and oxygen atoms in total. The van der Waals surface area contributed by atoms with Crippen LogP contribution in [0.3, 0.4) is 0 Å². The van der Waals surface area contributed by atoms with Gasteiger partial charge in [0.1, 0.15) is 11.2 Å². The molecule has 0 aromatic heterocycles. The third-order valence-electron chi connectivity index (χ3n) is 5.22. The van der Waals surface area contributed by atoms with E-state index in [2.05, 4.69) is 41.7 Å². The topological polar surface area (TPSA) is 56.8 Å². The van der Waals surface area contributed by atoms with Gasteiger partial charge in [0, 0.05) is 13.2 Å². The van der Waals surface area contributed by atoms with E-state index in [-0.39, 0.29) is 0 Å². The summed E-state index contributed by atoms with van der Waals surface area (Å²) in [5.74, 6) is 0. The maximum Gasteiger partial charge on any atom is 0.407 e. The number of rotatable bonds is 11. The number of hydrogen-bond acceptors (Lipinski definition) is 4. The highest BCUT2D eigenvalue weighted by Gasteiger charge is 2.37. The molecule has 180 valence electrons. The summed E-state index contributed by atoms with van der Waals surface area (Å²) < 4.78 is 17.7. The molecule has 1 amide bonds. The Morgan fingerprint density at radius 2 is 1.18 bits per heavy atom. The van der Waals surface area contributed by atoms with Crippen molar-refractivity contribution in [3.63, 3.8) is 0 Å².